The molecule has 3 aliphatic rings. The van der Waals surface area contributed by atoms with Gasteiger partial charge in [-0.15, -0.1) is 0 Å². The molecule has 0 N–H and O–H groups in total. The summed E-state index contributed by atoms with van der Waals surface area (Å²) in [6, 6.07) is 62.9. The first-order chi connectivity index (χ1) is 27.7. The van der Waals surface area contributed by atoms with Gasteiger partial charge < -0.3 is 0 Å². The number of aromatic nitrogens is 6. The lowest BCUT2D eigenvalue weighted by atomic mass is 9.61. The van der Waals surface area contributed by atoms with Crippen LogP contribution in [0.25, 0.3) is 68.3 Å². The number of hydrogen-bond donors (Lipinski definition) is 0. The molecule has 0 amide bonds. The molecule has 7 aromatic carbocycles. The topological polar surface area (TPSA) is 77.3 Å². The molecule has 2 bridgehead atoms. The summed E-state index contributed by atoms with van der Waals surface area (Å²) >= 11 is 0. The lowest BCUT2D eigenvalue weighted by molar-refractivity contribution is 0.754. The minimum Gasteiger partial charge on any atom is -0.208 e. The van der Waals surface area contributed by atoms with Crippen molar-refractivity contribution in [2.24, 2.45) is 0 Å². The fraction of sp³-hybridized carbons (Fsp3) is 0.0400. The fourth-order valence-electron chi connectivity index (χ4n) is 8.37. The van der Waals surface area contributed by atoms with Gasteiger partial charge in [0, 0.05) is 45.2 Å². The quantitative estimate of drug-likeness (QED) is 0.170. The Balaban J connectivity index is 1.05. The molecule has 0 radical (unpaired) electrons. The SMILES string of the molecule is c1ccc(-c2nc(-c3ccccc3)nc(-c3ccc4c(c3)C3c5ccccc5C4c4cc(-c5nc(-c6ccccc6)nc(-c6ccccc6)n5)ccc43)n2)cc1. The van der Waals surface area contributed by atoms with Gasteiger partial charge in [0.1, 0.15) is 0 Å². The third-order valence-corrected chi connectivity index (χ3v) is 11.0. The fourth-order valence-corrected chi connectivity index (χ4v) is 8.37. The summed E-state index contributed by atoms with van der Waals surface area (Å²) in [5.41, 5.74) is 13.6. The van der Waals surface area contributed by atoms with Crippen LogP contribution in [0.1, 0.15) is 45.2 Å². The Labute approximate surface area is 324 Å². The predicted molar refractivity (Wildman–Crippen MR) is 221 cm³/mol. The van der Waals surface area contributed by atoms with Gasteiger partial charge in [-0.25, -0.2) is 29.9 Å². The van der Waals surface area contributed by atoms with Gasteiger partial charge in [0.2, 0.25) is 0 Å². The van der Waals surface area contributed by atoms with Crippen molar-refractivity contribution in [2.45, 2.75) is 11.8 Å². The van der Waals surface area contributed by atoms with Gasteiger partial charge in [0.05, 0.1) is 0 Å². The monoisotopic (exact) mass is 716 g/mol. The molecule has 56 heavy (non-hydrogen) atoms. The number of benzene rings is 7. The van der Waals surface area contributed by atoms with Crippen LogP contribution in [-0.4, -0.2) is 29.9 Å². The van der Waals surface area contributed by atoms with Crippen LogP contribution >= 0.6 is 0 Å². The molecule has 3 aliphatic carbocycles. The summed E-state index contributed by atoms with van der Waals surface area (Å²) in [4.78, 5) is 30.1. The van der Waals surface area contributed by atoms with Crippen molar-refractivity contribution in [1.82, 2.24) is 29.9 Å². The van der Waals surface area contributed by atoms with Gasteiger partial charge in [-0.2, -0.15) is 0 Å². The number of hydrogen-bond acceptors (Lipinski definition) is 6. The van der Waals surface area contributed by atoms with Crippen molar-refractivity contribution in [3.05, 3.63) is 215 Å². The molecule has 6 nitrogen and oxygen atoms in total. The molecule has 6 heteroatoms. The zero-order valence-electron chi connectivity index (χ0n) is 30.2. The summed E-state index contributed by atoms with van der Waals surface area (Å²) in [6.45, 7) is 0. The second-order valence-corrected chi connectivity index (χ2v) is 14.3. The third-order valence-electron chi connectivity index (χ3n) is 11.0. The molecule has 262 valence electrons. The van der Waals surface area contributed by atoms with Crippen LogP contribution in [0.2, 0.25) is 0 Å². The lowest BCUT2D eigenvalue weighted by Crippen LogP contribution is -2.27. The maximum atomic E-state index is 5.06. The van der Waals surface area contributed by atoms with Crippen molar-refractivity contribution in [3.8, 4) is 68.3 Å². The van der Waals surface area contributed by atoms with E-state index in [1.165, 1.54) is 33.4 Å². The van der Waals surface area contributed by atoms with Crippen LogP contribution in [0, 0.1) is 0 Å². The van der Waals surface area contributed by atoms with E-state index in [1.54, 1.807) is 0 Å². The van der Waals surface area contributed by atoms with Gasteiger partial charge in [-0.3, -0.25) is 0 Å². The van der Waals surface area contributed by atoms with Crippen molar-refractivity contribution < 1.29 is 0 Å². The van der Waals surface area contributed by atoms with E-state index in [9.17, 15) is 0 Å². The van der Waals surface area contributed by atoms with Crippen LogP contribution in [0.5, 0.6) is 0 Å². The molecule has 0 saturated carbocycles. The maximum Gasteiger partial charge on any atom is 0.164 e. The molecule has 12 rings (SSSR count). The van der Waals surface area contributed by atoms with Crippen LogP contribution < -0.4 is 0 Å². The molecular weight excluding hydrogens is 685 g/mol. The highest BCUT2D eigenvalue weighted by Gasteiger charge is 2.41. The second-order valence-electron chi connectivity index (χ2n) is 14.3. The number of nitrogens with zero attached hydrogens (tertiary/aromatic N) is 6. The van der Waals surface area contributed by atoms with Gasteiger partial charge >= 0.3 is 0 Å². The smallest absolute Gasteiger partial charge is 0.164 e. The van der Waals surface area contributed by atoms with E-state index in [0.29, 0.717) is 34.9 Å². The zero-order chi connectivity index (χ0) is 37.0. The zero-order valence-corrected chi connectivity index (χ0v) is 30.2. The minimum atomic E-state index is 0.0531. The maximum absolute atomic E-state index is 5.06. The molecule has 2 aromatic heterocycles. The normalized spacial score (nSPS) is 14.8. The molecule has 2 heterocycles. The molecule has 2 unspecified atom stereocenters. The summed E-state index contributed by atoms with van der Waals surface area (Å²) in [5.74, 6) is 4.03. The van der Waals surface area contributed by atoms with Gasteiger partial charge in [0.15, 0.2) is 34.9 Å². The molecule has 0 spiro atoms. The van der Waals surface area contributed by atoms with Gasteiger partial charge in [-0.05, 0) is 45.5 Å². The largest absolute Gasteiger partial charge is 0.208 e. The van der Waals surface area contributed by atoms with E-state index in [2.05, 4.69) is 60.7 Å². The van der Waals surface area contributed by atoms with E-state index in [0.717, 1.165) is 33.4 Å². The van der Waals surface area contributed by atoms with Crippen molar-refractivity contribution >= 4 is 0 Å². The van der Waals surface area contributed by atoms with E-state index in [-0.39, 0.29) is 11.8 Å². The Kier molecular flexibility index (Phi) is 7.52. The molecule has 0 saturated heterocycles. The van der Waals surface area contributed by atoms with Gasteiger partial charge in [-0.1, -0.05) is 170 Å². The van der Waals surface area contributed by atoms with Crippen LogP contribution in [-0.2, 0) is 0 Å². The average Bonchev–Trinajstić information content (AvgIpc) is 3.29. The van der Waals surface area contributed by atoms with Gasteiger partial charge in [0.25, 0.3) is 0 Å². The highest BCUT2D eigenvalue weighted by Crippen LogP contribution is 2.56. The van der Waals surface area contributed by atoms with Crippen molar-refractivity contribution in [3.63, 3.8) is 0 Å². The Hall–Kier alpha value is -7.44. The van der Waals surface area contributed by atoms with E-state index >= 15 is 0 Å². The van der Waals surface area contributed by atoms with Crippen molar-refractivity contribution in [1.29, 1.82) is 0 Å². The average molecular weight is 717 g/mol. The molecule has 9 aromatic rings. The Bertz CT molecular complexity index is 2600. The third kappa shape index (κ3) is 5.42. The first-order valence-corrected chi connectivity index (χ1v) is 18.9. The first kappa shape index (κ1) is 32.0. The first-order valence-electron chi connectivity index (χ1n) is 18.9. The molecular formula is C50H32N6. The molecule has 0 aliphatic heterocycles. The van der Waals surface area contributed by atoms with Crippen molar-refractivity contribution in [2.75, 3.05) is 0 Å². The van der Waals surface area contributed by atoms with Crippen LogP contribution in [0.3, 0.4) is 0 Å². The summed E-state index contributed by atoms with van der Waals surface area (Å²) in [7, 11) is 0. The summed E-state index contributed by atoms with van der Waals surface area (Å²) < 4.78 is 0. The van der Waals surface area contributed by atoms with E-state index in [1.807, 2.05) is 121 Å². The standard InChI is InChI=1S/C50H32N6/c1-5-15-31(16-6-1)45-51-46(32-17-7-2-8-18-32)54-49(53-45)35-25-27-39-41(29-35)43-37-23-13-14-24-38(37)44(39)42-30-36(26-28-40(42)43)50-55-47(33-19-9-3-10-20-33)52-48(56-50)34-21-11-4-12-22-34/h1-30,43-44H. The Morgan fingerprint density at radius 3 is 0.768 bits per heavy atom. The predicted octanol–water partition coefficient (Wildman–Crippen LogP) is 11.0. The molecule has 2 atom stereocenters. The number of rotatable bonds is 6. The van der Waals surface area contributed by atoms with E-state index in [4.69, 9.17) is 29.9 Å². The summed E-state index contributed by atoms with van der Waals surface area (Å²) in [6.07, 6.45) is 0. The molecule has 0 fully saturated rings. The lowest BCUT2D eigenvalue weighted by Gasteiger charge is -2.42. The highest BCUT2D eigenvalue weighted by atomic mass is 15.0. The minimum absolute atomic E-state index is 0.0531. The second kappa shape index (κ2) is 13.1. The highest BCUT2D eigenvalue weighted by molar-refractivity contribution is 5.75. The Morgan fingerprint density at radius 2 is 0.464 bits per heavy atom. The van der Waals surface area contributed by atoms with E-state index < -0.39 is 0 Å². The van der Waals surface area contributed by atoms with Crippen LogP contribution in [0.15, 0.2) is 182 Å². The summed E-state index contributed by atoms with van der Waals surface area (Å²) in [5, 5.41) is 0. The van der Waals surface area contributed by atoms with Crippen LogP contribution in [0.4, 0.5) is 0 Å². The Morgan fingerprint density at radius 1 is 0.214 bits per heavy atom.